The van der Waals surface area contributed by atoms with Crippen LogP contribution in [0.15, 0.2) is 30.4 Å². The predicted molar refractivity (Wildman–Crippen MR) is 93.4 cm³/mol. The Bertz CT molecular complexity index is 684. The van der Waals surface area contributed by atoms with Crippen LogP contribution in [-0.2, 0) is 19.1 Å². The normalized spacial score (nSPS) is 16.0. The van der Waals surface area contributed by atoms with Crippen molar-refractivity contribution < 1.29 is 23.9 Å². The molecule has 0 saturated heterocycles. The third kappa shape index (κ3) is 5.63. The first-order valence-electron chi connectivity index (χ1n) is 8.06. The van der Waals surface area contributed by atoms with E-state index >= 15 is 0 Å². The van der Waals surface area contributed by atoms with Gasteiger partial charge in [-0.15, -0.1) is 0 Å². The van der Waals surface area contributed by atoms with Gasteiger partial charge in [0, 0.05) is 12.6 Å². The van der Waals surface area contributed by atoms with E-state index in [1.54, 1.807) is 18.2 Å². The van der Waals surface area contributed by atoms with Crippen LogP contribution in [0.3, 0.4) is 0 Å². The zero-order valence-corrected chi connectivity index (χ0v) is 14.3. The maximum atomic E-state index is 12.1. The van der Waals surface area contributed by atoms with Crippen LogP contribution >= 0.6 is 0 Å². The van der Waals surface area contributed by atoms with Gasteiger partial charge in [-0.1, -0.05) is 12.2 Å². The van der Waals surface area contributed by atoms with Crippen molar-refractivity contribution in [1.82, 2.24) is 0 Å². The lowest BCUT2D eigenvalue weighted by Gasteiger charge is -2.16. The molecule has 1 atom stereocenters. The minimum absolute atomic E-state index is 0.185. The predicted octanol–water partition coefficient (Wildman–Crippen LogP) is 2.49. The summed E-state index contributed by atoms with van der Waals surface area (Å²) in [6.07, 6.45) is 6.22. The fourth-order valence-electron chi connectivity index (χ4n) is 2.54. The van der Waals surface area contributed by atoms with Crippen LogP contribution in [0.5, 0.6) is 5.75 Å². The Balaban J connectivity index is 1.93. The Hall–Kier alpha value is -2.83. The molecule has 0 fully saturated rings. The van der Waals surface area contributed by atoms with Crippen LogP contribution < -0.4 is 15.4 Å². The summed E-state index contributed by atoms with van der Waals surface area (Å²) in [6, 6.07) is 4.86. The number of anilines is 2. The number of ether oxygens (including phenoxy) is 2. The van der Waals surface area contributed by atoms with Gasteiger partial charge >= 0.3 is 5.97 Å². The number of esters is 1. The van der Waals surface area contributed by atoms with Gasteiger partial charge in [0.05, 0.1) is 18.7 Å². The monoisotopic (exact) mass is 346 g/mol. The number of allylic oxidation sites excluding steroid dienone is 2. The Morgan fingerprint density at radius 3 is 2.64 bits per heavy atom. The number of hydrogen-bond acceptors (Lipinski definition) is 5. The lowest BCUT2D eigenvalue weighted by Crippen LogP contribution is -2.25. The Kier molecular flexibility index (Phi) is 6.56. The van der Waals surface area contributed by atoms with Crippen molar-refractivity contribution in [2.45, 2.75) is 26.2 Å². The number of benzene rings is 1. The zero-order chi connectivity index (χ0) is 18.2. The van der Waals surface area contributed by atoms with Crippen LogP contribution in [0.25, 0.3) is 0 Å². The molecule has 1 aliphatic rings. The van der Waals surface area contributed by atoms with Gasteiger partial charge < -0.3 is 20.1 Å². The highest BCUT2D eigenvalue weighted by atomic mass is 16.5. The van der Waals surface area contributed by atoms with E-state index in [4.69, 9.17) is 9.47 Å². The van der Waals surface area contributed by atoms with Gasteiger partial charge in [-0.05, 0) is 37.5 Å². The number of methoxy groups -OCH3 is 1. The van der Waals surface area contributed by atoms with Gasteiger partial charge in [0.25, 0.3) is 5.91 Å². The van der Waals surface area contributed by atoms with E-state index in [1.807, 2.05) is 12.2 Å². The molecule has 7 heteroatoms. The third-order valence-corrected chi connectivity index (χ3v) is 3.74. The molecule has 1 aliphatic carbocycles. The van der Waals surface area contributed by atoms with Crippen LogP contribution in [0.2, 0.25) is 0 Å². The highest BCUT2D eigenvalue weighted by Gasteiger charge is 2.21. The molecule has 0 radical (unpaired) electrons. The number of amides is 2. The molecule has 134 valence electrons. The third-order valence-electron chi connectivity index (χ3n) is 3.74. The zero-order valence-electron chi connectivity index (χ0n) is 14.3. The second kappa shape index (κ2) is 8.86. The van der Waals surface area contributed by atoms with Crippen molar-refractivity contribution in [3.8, 4) is 5.75 Å². The second-order valence-corrected chi connectivity index (χ2v) is 5.73. The molecule has 2 N–H and O–H groups in total. The molecule has 25 heavy (non-hydrogen) atoms. The summed E-state index contributed by atoms with van der Waals surface area (Å²) < 4.78 is 10.3. The number of nitrogens with one attached hydrogen (secondary N) is 2. The summed E-state index contributed by atoms with van der Waals surface area (Å²) in [5.41, 5.74) is 0.907. The topological polar surface area (TPSA) is 93.7 Å². The molecule has 0 heterocycles. The fraction of sp³-hybridized carbons (Fsp3) is 0.389. The molecule has 1 aromatic rings. The lowest BCUT2D eigenvalue weighted by molar-refractivity contribution is -0.151. The molecule has 2 amide bonds. The molecule has 0 spiro atoms. The first kappa shape index (κ1) is 18.5. The van der Waals surface area contributed by atoms with E-state index in [2.05, 4.69) is 10.6 Å². The molecule has 2 rings (SSSR count). The van der Waals surface area contributed by atoms with Crippen molar-refractivity contribution in [3.63, 3.8) is 0 Å². The summed E-state index contributed by atoms with van der Waals surface area (Å²) in [5, 5.41) is 5.25. The minimum Gasteiger partial charge on any atom is -0.495 e. The lowest BCUT2D eigenvalue weighted by atomic mass is 9.95. The average Bonchev–Trinajstić information content (AvgIpc) is 2.60. The van der Waals surface area contributed by atoms with E-state index in [-0.39, 0.29) is 24.4 Å². The van der Waals surface area contributed by atoms with Crippen molar-refractivity contribution in [1.29, 1.82) is 0 Å². The van der Waals surface area contributed by atoms with Gasteiger partial charge in [-0.25, -0.2) is 0 Å². The molecule has 0 aromatic heterocycles. The highest BCUT2D eigenvalue weighted by molar-refractivity contribution is 5.96. The summed E-state index contributed by atoms with van der Waals surface area (Å²) in [6.45, 7) is 1.02. The number of carbonyl (C=O) groups excluding carboxylic acids is 3. The molecule has 0 unspecified atom stereocenters. The van der Waals surface area contributed by atoms with Crippen LogP contribution in [0.1, 0.15) is 26.2 Å². The SMILES string of the molecule is COc1ccc(NC(C)=O)cc1NC(=O)COC(=O)[C@@H]1CC=CCC1. The molecular weight excluding hydrogens is 324 g/mol. The first-order chi connectivity index (χ1) is 12.0. The average molecular weight is 346 g/mol. The van der Waals surface area contributed by atoms with Gasteiger partial charge in [0.1, 0.15) is 5.75 Å². The molecule has 0 aliphatic heterocycles. The summed E-state index contributed by atoms with van der Waals surface area (Å²) in [7, 11) is 1.47. The standard InChI is InChI=1S/C18H22N2O5/c1-12(21)19-14-8-9-16(24-2)15(10-14)20-17(22)11-25-18(23)13-6-4-3-5-7-13/h3-4,8-10,13H,5-7,11H2,1-2H3,(H,19,21)(H,20,22)/t13-/m1/s1. The van der Waals surface area contributed by atoms with Gasteiger partial charge in [0.15, 0.2) is 6.61 Å². The summed E-state index contributed by atoms with van der Waals surface area (Å²) in [5.74, 6) is -0.809. The van der Waals surface area contributed by atoms with E-state index in [9.17, 15) is 14.4 Å². The van der Waals surface area contributed by atoms with E-state index in [0.29, 0.717) is 23.5 Å². The minimum atomic E-state index is -0.474. The van der Waals surface area contributed by atoms with Crippen molar-refractivity contribution in [3.05, 3.63) is 30.4 Å². The van der Waals surface area contributed by atoms with Crippen molar-refractivity contribution in [2.24, 2.45) is 5.92 Å². The Morgan fingerprint density at radius 1 is 1.20 bits per heavy atom. The summed E-state index contributed by atoms with van der Waals surface area (Å²) >= 11 is 0. The van der Waals surface area contributed by atoms with Gasteiger partial charge in [0.2, 0.25) is 5.91 Å². The van der Waals surface area contributed by atoms with Crippen LogP contribution in [0, 0.1) is 5.92 Å². The molecule has 1 aromatic carbocycles. The summed E-state index contributed by atoms with van der Waals surface area (Å²) in [4.78, 5) is 35.1. The van der Waals surface area contributed by atoms with Gasteiger partial charge in [-0.2, -0.15) is 0 Å². The Morgan fingerprint density at radius 2 is 2.00 bits per heavy atom. The van der Waals surface area contributed by atoms with Crippen molar-refractivity contribution in [2.75, 3.05) is 24.4 Å². The van der Waals surface area contributed by atoms with E-state index < -0.39 is 5.91 Å². The smallest absolute Gasteiger partial charge is 0.309 e. The maximum absolute atomic E-state index is 12.1. The largest absolute Gasteiger partial charge is 0.495 e. The quantitative estimate of drug-likeness (QED) is 0.610. The number of hydrogen-bond donors (Lipinski definition) is 2. The number of carbonyl (C=O) groups is 3. The van der Waals surface area contributed by atoms with E-state index in [0.717, 1.165) is 12.8 Å². The van der Waals surface area contributed by atoms with Gasteiger partial charge in [-0.3, -0.25) is 14.4 Å². The first-order valence-corrected chi connectivity index (χ1v) is 8.06. The molecule has 7 nitrogen and oxygen atoms in total. The molecular formula is C18H22N2O5. The van der Waals surface area contributed by atoms with Crippen LogP contribution in [-0.4, -0.2) is 31.5 Å². The maximum Gasteiger partial charge on any atom is 0.309 e. The fourth-order valence-corrected chi connectivity index (χ4v) is 2.54. The van der Waals surface area contributed by atoms with E-state index in [1.165, 1.54) is 14.0 Å². The van der Waals surface area contributed by atoms with Crippen LogP contribution in [0.4, 0.5) is 11.4 Å². The molecule has 0 bridgehead atoms. The second-order valence-electron chi connectivity index (χ2n) is 5.73. The number of rotatable bonds is 6. The van der Waals surface area contributed by atoms with Crippen molar-refractivity contribution >= 4 is 29.2 Å². The molecule has 0 saturated carbocycles. The Labute approximate surface area is 146 Å². The highest BCUT2D eigenvalue weighted by Crippen LogP contribution is 2.28.